The zero-order valence-corrected chi connectivity index (χ0v) is 11.9. The van der Waals surface area contributed by atoms with E-state index in [2.05, 4.69) is 20.9 Å². The van der Waals surface area contributed by atoms with E-state index in [1.54, 1.807) is 0 Å². The van der Waals surface area contributed by atoms with Crippen molar-refractivity contribution in [2.45, 2.75) is 31.6 Å². The first-order chi connectivity index (χ1) is 8.49. The lowest BCUT2D eigenvalue weighted by Crippen LogP contribution is -2.08. The number of benzene rings is 1. The number of hydrogen-bond acceptors (Lipinski definition) is 2. The van der Waals surface area contributed by atoms with Crippen LogP contribution in [0.25, 0.3) is 11.0 Å². The van der Waals surface area contributed by atoms with Gasteiger partial charge >= 0.3 is 5.97 Å². The van der Waals surface area contributed by atoms with Crippen LogP contribution in [0, 0.1) is 6.92 Å². The fraction of sp³-hybridized carbons (Fsp3) is 0.385. The van der Waals surface area contributed by atoms with Gasteiger partial charge in [0.05, 0.1) is 22.3 Å². The van der Waals surface area contributed by atoms with Crippen LogP contribution in [-0.4, -0.2) is 20.6 Å². The van der Waals surface area contributed by atoms with Crippen LogP contribution in [0.5, 0.6) is 0 Å². The van der Waals surface area contributed by atoms with Gasteiger partial charge in [-0.1, -0.05) is 22.0 Å². The van der Waals surface area contributed by atoms with E-state index in [-0.39, 0.29) is 11.2 Å². The van der Waals surface area contributed by atoms with Gasteiger partial charge in [-0.3, -0.25) is 4.79 Å². The third kappa shape index (κ3) is 2.56. The number of aromatic nitrogens is 2. The topological polar surface area (TPSA) is 55.1 Å². The van der Waals surface area contributed by atoms with Gasteiger partial charge < -0.3 is 9.67 Å². The molecule has 1 aromatic carbocycles. The van der Waals surface area contributed by atoms with Crippen molar-refractivity contribution in [2.24, 2.45) is 0 Å². The molecule has 1 aromatic heterocycles. The smallest absolute Gasteiger partial charge is 0.305 e. The summed E-state index contributed by atoms with van der Waals surface area (Å²) in [7, 11) is 0. The maximum absolute atomic E-state index is 10.7. The van der Waals surface area contributed by atoms with Crippen molar-refractivity contribution in [3.8, 4) is 0 Å². The lowest BCUT2D eigenvalue weighted by atomic mass is 10.2. The quantitative estimate of drug-likeness (QED) is 0.882. The fourth-order valence-electron chi connectivity index (χ4n) is 2.00. The van der Waals surface area contributed by atoms with Crippen molar-refractivity contribution in [1.82, 2.24) is 9.55 Å². The molecule has 0 aliphatic heterocycles. The zero-order chi connectivity index (χ0) is 13.3. The fourth-order valence-corrected chi connectivity index (χ4v) is 2.35. The van der Waals surface area contributed by atoms with Crippen LogP contribution in [0.3, 0.4) is 0 Å². The lowest BCUT2D eigenvalue weighted by Gasteiger charge is -2.09. The number of rotatable bonds is 4. The van der Waals surface area contributed by atoms with Crippen LogP contribution >= 0.6 is 15.9 Å². The maximum Gasteiger partial charge on any atom is 0.305 e. The van der Waals surface area contributed by atoms with E-state index in [0.717, 1.165) is 22.4 Å². The summed E-state index contributed by atoms with van der Waals surface area (Å²) in [5.74, 6) is 0.0778. The highest BCUT2D eigenvalue weighted by Gasteiger charge is 2.15. The van der Waals surface area contributed by atoms with Gasteiger partial charge in [-0.2, -0.15) is 0 Å². The lowest BCUT2D eigenvalue weighted by molar-refractivity contribution is -0.137. The molecule has 18 heavy (non-hydrogen) atoms. The van der Waals surface area contributed by atoms with Gasteiger partial charge in [0.2, 0.25) is 0 Å². The highest BCUT2D eigenvalue weighted by molar-refractivity contribution is 9.09. The second-order valence-corrected chi connectivity index (χ2v) is 5.75. The van der Waals surface area contributed by atoms with Gasteiger partial charge in [0.1, 0.15) is 5.82 Å². The summed E-state index contributed by atoms with van der Waals surface area (Å²) in [4.78, 5) is 15.4. The van der Waals surface area contributed by atoms with Gasteiger partial charge in [-0.25, -0.2) is 4.98 Å². The first-order valence-corrected chi connectivity index (χ1v) is 6.73. The normalized spacial score (nSPS) is 12.8. The molecule has 0 fully saturated rings. The molecule has 96 valence electrons. The number of hydrogen-bond donors (Lipinski definition) is 1. The standard InChI is InChI=1S/C13H15BrN2O2/c1-8-3-4-11-10(7-8)15-13(9(2)14)16(11)6-5-12(17)18/h3-4,7,9H,5-6H2,1-2H3,(H,17,18). The molecule has 0 bridgehead atoms. The highest BCUT2D eigenvalue weighted by atomic mass is 79.9. The Bertz CT molecular complexity index is 590. The molecule has 1 heterocycles. The Balaban J connectivity index is 2.52. The van der Waals surface area contributed by atoms with Crippen molar-refractivity contribution >= 4 is 32.9 Å². The molecule has 0 saturated heterocycles. The molecular formula is C13H15BrN2O2. The molecular weight excluding hydrogens is 296 g/mol. The number of alkyl halides is 1. The van der Waals surface area contributed by atoms with E-state index in [1.807, 2.05) is 36.6 Å². The van der Waals surface area contributed by atoms with Crippen LogP contribution in [0.2, 0.25) is 0 Å². The van der Waals surface area contributed by atoms with Crippen LogP contribution in [0.4, 0.5) is 0 Å². The molecule has 0 spiro atoms. The van der Waals surface area contributed by atoms with Gasteiger partial charge in [-0.05, 0) is 31.5 Å². The minimum absolute atomic E-state index is 0.0963. The number of aryl methyl sites for hydroxylation is 2. The van der Waals surface area contributed by atoms with Gasteiger partial charge in [0.15, 0.2) is 0 Å². The van der Waals surface area contributed by atoms with E-state index in [1.165, 1.54) is 0 Å². The number of carboxylic acids is 1. The minimum Gasteiger partial charge on any atom is -0.481 e. The van der Waals surface area contributed by atoms with Crippen LogP contribution in [-0.2, 0) is 11.3 Å². The Labute approximate surface area is 114 Å². The summed E-state index contributed by atoms with van der Waals surface area (Å²) in [5.41, 5.74) is 3.06. The molecule has 1 unspecified atom stereocenters. The monoisotopic (exact) mass is 310 g/mol. The summed E-state index contributed by atoms with van der Waals surface area (Å²) in [6.07, 6.45) is 0.103. The van der Waals surface area contributed by atoms with Crippen LogP contribution < -0.4 is 0 Å². The number of imidazole rings is 1. The SMILES string of the molecule is Cc1ccc2c(c1)nc(C(C)Br)n2CCC(=O)O. The Kier molecular flexibility index (Phi) is 3.71. The number of fused-ring (bicyclic) bond motifs is 1. The second-order valence-electron chi connectivity index (χ2n) is 4.37. The zero-order valence-electron chi connectivity index (χ0n) is 10.4. The predicted molar refractivity (Wildman–Crippen MR) is 74.1 cm³/mol. The number of carbonyl (C=O) groups is 1. The Morgan fingerprint density at radius 3 is 2.89 bits per heavy atom. The average Bonchev–Trinajstić information content (AvgIpc) is 2.64. The van der Waals surface area contributed by atoms with Gasteiger partial charge in [0, 0.05) is 6.54 Å². The Hall–Kier alpha value is -1.36. The molecule has 0 aliphatic rings. The van der Waals surface area contributed by atoms with Crippen molar-refractivity contribution in [2.75, 3.05) is 0 Å². The molecule has 1 atom stereocenters. The van der Waals surface area contributed by atoms with Crippen molar-refractivity contribution < 1.29 is 9.90 Å². The summed E-state index contributed by atoms with van der Waals surface area (Å²) in [5, 5.41) is 8.81. The van der Waals surface area contributed by atoms with Crippen molar-refractivity contribution in [1.29, 1.82) is 0 Å². The third-order valence-electron chi connectivity index (χ3n) is 2.84. The summed E-state index contributed by atoms with van der Waals surface area (Å²) < 4.78 is 1.97. The molecule has 0 saturated carbocycles. The van der Waals surface area contributed by atoms with E-state index in [4.69, 9.17) is 5.11 Å². The number of nitrogens with zero attached hydrogens (tertiary/aromatic N) is 2. The molecule has 0 aliphatic carbocycles. The van der Waals surface area contributed by atoms with E-state index < -0.39 is 5.97 Å². The first kappa shape index (κ1) is 13.1. The number of halogens is 1. The number of aliphatic carboxylic acids is 1. The molecule has 0 radical (unpaired) electrons. The molecule has 5 heteroatoms. The van der Waals surface area contributed by atoms with Crippen LogP contribution in [0.15, 0.2) is 18.2 Å². The van der Waals surface area contributed by atoms with Crippen LogP contribution in [0.1, 0.15) is 29.6 Å². The summed E-state index contributed by atoms with van der Waals surface area (Å²) in [6.45, 7) is 4.46. The van der Waals surface area contributed by atoms with Gasteiger partial charge in [-0.15, -0.1) is 0 Å². The molecule has 0 amide bonds. The van der Waals surface area contributed by atoms with Crippen molar-refractivity contribution in [3.63, 3.8) is 0 Å². The third-order valence-corrected chi connectivity index (χ3v) is 3.25. The first-order valence-electron chi connectivity index (χ1n) is 5.81. The summed E-state index contributed by atoms with van der Waals surface area (Å²) in [6, 6.07) is 6.04. The average molecular weight is 311 g/mol. The second kappa shape index (κ2) is 5.10. The van der Waals surface area contributed by atoms with E-state index in [9.17, 15) is 4.79 Å². The molecule has 4 nitrogen and oxygen atoms in total. The molecule has 1 N–H and O–H groups in total. The minimum atomic E-state index is -0.794. The van der Waals surface area contributed by atoms with E-state index in [0.29, 0.717) is 6.54 Å². The number of carboxylic acid groups (broad SMARTS) is 1. The predicted octanol–water partition coefficient (Wildman–Crippen LogP) is 3.28. The van der Waals surface area contributed by atoms with Gasteiger partial charge in [0.25, 0.3) is 0 Å². The van der Waals surface area contributed by atoms with Crippen molar-refractivity contribution in [3.05, 3.63) is 29.6 Å². The molecule has 2 aromatic rings. The Morgan fingerprint density at radius 2 is 2.28 bits per heavy atom. The largest absolute Gasteiger partial charge is 0.481 e. The van der Waals surface area contributed by atoms with E-state index >= 15 is 0 Å². The maximum atomic E-state index is 10.7. The Morgan fingerprint density at radius 1 is 1.56 bits per heavy atom. The summed E-state index contributed by atoms with van der Waals surface area (Å²) >= 11 is 3.51. The highest BCUT2D eigenvalue weighted by Crippen LogP contribution is 2.26. The molecule has 2 rings (SSSR count).